The minimum Gasteiger partial charge on any atom is -0.347 e. The van der Waals surface area contributed by atoms with Gasteiger partial charge in [0, 0.05) is 33.9 Å². The van der Waals surface area contributed by atoms with E-state index in [1.807, 2.05) is 48.9 Å². The number of carbonyl (C=O) groups is 1. The molecular formula is C14H19N5O2. The third-order valence-corrected chi connectivity index (χ3v) is 3.79. The van der Waals surface area contributed by atoms with Gasteiger partial charge < -0.3 is 18.9 Å². The van der Waals surface area contributed by atoms with Crippen molar-refractivity contribution in [3.63, 3.8) is 0 Å². The summed E-state index contributed by atoms with van der Waals surface area (Å²) in [5.74, 6) is 1.05. The van der Waals surface area contributed by atoms with Crippen molar-refractivity contribution in [1.29, 1.82) is 0 Å². The lowest BCUT2D eigenvalue weighted by Crippen LogP contribution is -2.32. The average molecular weight is 289 g/mol. The van der Waals surface area contributed by atoms with Gasteiger partial charge in [0.25, 0.3) is 17.7 Å². The molecule has 0 saturated carbocycles. The van der Waals surface area contributed by atoms with E-state index >= 15 is 0 Å². The fraction of sp³-hybridized carbons (Fsp3) is 0.500. The van der Waals surface area contributed by atoms with Crippen LogP contribution in [0.15, 0.2) is 22.9 Å². The van der Waals surface area contributed by atoms with Gasteiger partial charge in [-0.3, -0.25) is 4.79 Å². The lowest BCUT2D eigenvalue weighted by molar-refractivity contribution is 0.0700. The van der Waals surface area contributed by atoms with Gasteiger partial charge in [0.05, 0.1) is 0 Å². The maximum absolute atomic E-state index is 12.7. The number of nitrogens with zero attached hydrogens (tertiary/aromatic N) is 5. The standard InChI is InChI=1S/C14H19N5O2/c1-17(2)14-15-12(21-16-14)10-6-5-9-19(10)13(20)11-7-4-8-18(11)3/h4,7-8,10H,5-6,9H2,1-3H3/t10-/m1/s1. The Morgan fingerprint density at radius 3 is 2.90 bits per heavy atom. The molecule has 0 aromatic carbocycles. The molecule has 0 N–H and O–H groups in total. The van der Waals surface area contributed by atoms with Gasteiger partial charge in [-0.2, -0.15) is 4.98 Å². The molecule has 3 heterocycles. The van der Waals surface area contributed by atoms with E-state index in [9.17, 15) is 4.79 Å². The van der Waals surface area contributed by atoms with Gasteiger partial charge in [-0.05, 0) is 30.1 Å². The van der Waals surface area contributed by atoms with Crippen LogP contribution < -0.4 is 4.90 Å². The van der Waals surface area contributed by atoms with Crippen molar-refractivity contribution in [3.05, 3.63) is 29.9 Å². The molecule has 0 radical (unpaired) electrons. The zero-order valence-corrected chi connectivity index (χ0v) is 12.5. The number of hydrogen-bond donors (Lipinski definition) is 0. The smallest absolute Gasteiger partial charge is 0.271 e. The number of aromatic nitrogens is 3. The monoisotopic (exact) mass is 289 g/mol. The molecule has 3 rings (SSSR count). The van der Waals surface area contributed by atoms with Crippen LogP contribution in [0.5, 0.6) is 0 Å². The van der Waals surface area contributed by atoms with E-state index in [4.69, 9.17) is 4.52 Å². The Labute approximate surface area is 123 Å². The van der Waals surface area contributed by atoms with Gasteiger partial charge in [0.15, 0.2) is 0 Å². The summed E-state index contributed by atoms with van der Waals surface area (Å²) in [4.78, 5) is 20.6. The van der Waals surface area contributed by atoms with E-state index in [2.05, 4.69) is 10.1 Å². The quantitative estimate of drug-likeness (QED) is 0.855. The van der Waals surface area contributed by atoms with Crippen molar-refractivity contribution in [2.75, 3.05) is 25.5 Å². The summed E-state index contributed by atoms with van der Waals surface area (Å²) in [6.07, 6.45) is 3.67. The largest absolute Gasteiger partial charge is 0.347 e. The van der Waals surface area contributed by atoms with Crippen LogP contribution in [0.25, 0.3) is 0 Å². The lowest BCUT2D eigenvalue weighted by atomic mass is 10.2. The Bertz CT molecular complexity index is 645. The van der Waals surface area contributed by atoms with E-state index in [0.29, 0.717) is 24.1 Å². The highest BCUT2D eigenvalue weighted by molar-refractivity contribution is 5.93. The third-order valence-electron chi connectivity index (χ3n) is 3.79. The zero-order chi connectivity index (χ0) is 15.0. The van der Waals surface area contributed by atoms with Crippen molar-refractivity contribution in [2.24, 2.45) is 7.05 Å². The fourth-order valence-corrected chi connectivity index (χ4v) is 2.64. The summed E-state index contributed by atoms with van der Waals surface area (Å²) in [5.41, 5.74) is 0.675. The number of rotatable bonds is 3. The molecule has 2 aromatic heterocycles. The van der Waals surface area contributed by atoms with Crippen LogP contribution in [-0.4, -0.2) is 46.2 Å². The van der Waals surface area contributed by atoms with Crippen LogP contribution in [0.1, 0.15) is 35.3 Å². The first kappa shape index (κ1) is 13.7. The van der Waals surface area contributed by atoms with Crippen molar-refractivity contribution in [1.82, 2.24) is 19.6 Å². The van der Waals surface area contributed by atoms with E-state index in [-0.39, 0.29) is 11.9 Å². The van der Waals surface area contributed by atoms with Gasteiger partial charge in [-0.1, -0.05) is 0 Å². The summed E-state index contributed by atoms with van der Waals surface area (Å²) in [7, 11) is 5.58. The summed E-state index contributed by atoms with van der Waals surface area (Å²) < 4.78 is 7.16. The predicted octanol–water partition coefficient (Wildman–Crippen LogP) is 1.45. The topological polar surface area (TPSA) is 67.4 Å². The second kappa shape index (κ2) is 5.23. The van der Waals surface area contributed by atoms with Crippen molar-refractivity contribution in [3.8, 4) is 0 Å². The lowest BCUT2D eigenvalue weighted by Gasteiger charge is -2.22. The Morgan fingerprint density at radius 1 is 1.48 bits per heavy atom. The maximum atomic E-state index is 12.7. The molecule has 1 atom stereocenters. The number of hydrogen-bond acceptors (Lipinski definition) is 5. The highest BCUT2D eigenvalue weighted by Crippen LogP contribution is 2.32. The molecule has 0 spiro atoms. The van der Waals surface area contributed by atoms with Crippen LogP contribution in [0.4, 0.5) is 5.95 Å². The minimum absolute atomic E-state index is 0.00889. The molecule has 1 aliphatic rings. The SMILES string of the molecule is CN(C)c1noc([C@H]2CCCN2C(=O)c2cccn2C)n1. The molecule has 1 amide bonds. The highest BCUT2D eigenvalue weighted by atomic mass is 16.5. The van der Waals surface area contributed by atoms with Crippen molar-refractivity contribution < 1.29 is 9.32 Å². The number of amides is 1. The average Bonchev–Trinajstić information content (AvgIpc) is 3.17. The van der Waals surface area contributed by atoms with Crippen molar-refractivity contribution >= 4 is 11.9 Å². The number of likely N-dealkylation sites (tertiary alicyclic amines) is 1. The van der Waals surface area contributed by atoms with Crippen LogP contribution in [0.2, 0.25) is 0 Å². The van der Waals surface area contributed by atoms with E-state index in [0.717, 1.165) is 12.8 Å². The second-order valence-electron chi connectivity index (χ2n) is 5.49. The Hall–Kier alpha value is -2.31. The van der Waals surface area contributed by atoms with Crippen LogP contribution in [-0.2, 0) is 7.05 Å². The molecule has 1 saturated heterocycles. The molecule has 0 bridgehead atoms. The van der Waals surface area contributed by atoms with Crippen LogP contribution >= 0.6 is 0 Å². The van der Waals surface area contributed by atoms with E-state index in [1.54, 1.807) is 4.90 Å². The number of anilines is 1. The summed E-state index contributed by atoms with van der Waals surface area (Å²) in [6.45, 7) is 0.717. The molecule has 1 fully saturated rings. The Balaban J connectivity index is 1.85. The zero-order valence-electron chi connectivity index (χ0n) is 12.5. The Kier molecular flexibility index (Phi) is 3.40. The van der Waals surface area contributed by atoms with Gasteiger partial charge >= 0.3 is 0 Å². The summed E-state index contributed by atoms with van der Waals surface area (Å²) in [6, 6.07) is 3.57. The molecule has 112 valence electrons. The fourth-order valence-electron chi connectivity index (χ4n) is 2.64. The van der Waals surface area contributed by atoms with Gasteiger partial charge in [-0.25, -0.2) is 0 Å². The van der Waals surface area contributed by atoms with Gasteiger partial charge in [-0.15, -0.1) is 0 Å². The van der Waals surface area contributed by atoms with Crippen LogP contribution in [0.3, 0.4) is 0 Å². The summed E-state index contributed by atoms with van der Waals surface area (Å²) >= 11 is 0. The molecule has 7 nitrogen and oxygen atoms in total. The highest BCUT2D eigenvalue weighted by Gasteiger charge is 2.35. The predicted molar refractivity (Wildman–Crippen MR) is 77.0 cm³/mol. The Morgan fingerprint density at radius 2 is 2.29 bits per heavy atom. The molecule has 0 aliphatic carbocycles. The molecule has 0 unspecified atom stereocenters. The molecule has 21 heavy (non-hydrogen) atoms. The van der Waals surface area contributed by atoms with Gasteiger partial charge in [0.2, 0.25) is 0 Å². The number of aryl methyl sites for hydroxylation is 1. The maximum Gasteiger partial charge on any atom is 0.271 e. The minimum atomic E-state index is -0.131. The normalized spacial score (nSPS) is 18.2. The molecule has 7 heteroatoms. The molecule has 2 aromatic rings. The summed E-state index contributed by atoms with van der Waals surface area (Å²) in [5, 5.41) is 3.93. The first-order valence-corrected chi connectivity index (χ1v) is 7.01. The van der Waals surface area contributed by atoms with E-state index < -0.39 is 0 Å². The number of carbonyl (C=O) groups excluding carboxylic acids is 1. The first-order valence-electron chi connectivity index (χ1n) is 7.01. The van der Waals surface area contributed by atoms with Crippen molar-refractivity contribution in [2.45, 2.75) is 18.9 Å². The van der Waals surface area contributed by atoms with E-state index in [1.165, 1.54) is 0 Å². The first-order chi connectivity index (χ1) is 10.1. The van der Waals surface area contributed by atoms with Gasteiger partial charge in [0.1, 0.15) is 11.7 Å². The molecule has 1 aliphatic heterocycles. The van der Waals surface area contributed by atoms with Crippen LogP contribution in [0, 0.1) is 0 Å². The molecular weight excluding hydrogens is 270 g/mol. The second-order valence-corrected chi connectivity index (χ2v) is 5.49. The third kappa shape index (κ3) is 2.39.